The summed E-state index contributed by atoms with van der Waals surface area (Å²) in [5, 5.41) is 6.42. The lowest BCUT2D eigenvalue weighted by atomic mass is 9.81. The second-order valence-corrected chi connectivity index (χ2v) is 6.90. The molecule has 2 N–H and O–H groups in total. The van der Waals surface area contributed by atoms with Crippen LogP contribution < -0.4 is 10.6 Å². The van der Waals surface area contributed by atoms with Crippen LogP contribution in [0.25, 0.3) is 0 Å². The average Bonchev–Trinajstić information content (AvgIpc) is 2.36. The van der Waals surface area contributed by atoms with Crippen LogP contribution >= 0.6 is 12.4 Å². The summed E-state index contributed by atoms with van der Waals surface area (Å²) in [6.45, 7) is 12.1. The molecule has 0 aromatic heterocycles. The first-order chi connectivity index (χ1) is 9.41. The van der Waals surface area contributed by atoms with Gasteiger partial charge in [-0.05, 0) is 50.6 Å². The predicted octanol–water partition coefficient (Wildman–Crippen LogP) is 2.76. The van der Waals surface area contributed by atoms with Gasteiger partial charge in [-0.2, -0.15) is 0 Å². The molecule has 0 aromatic carbocycles. The maximum absolute atomic E-state index is 11.8. The van der Waals surface area contributed by atoms with Crippen molar-refractivity contribution < 1.29 is 9.53 Å². The normalized spacial score (nSPS) is 18.9. The van der Waals surface area contributed by atoms with Gasteiger partial charge in [-0.3, -0.25) is 4.79 Å². The summed E-state index contributed by atoms with van der Waals surface area (Å²) in [6.07, 6.45) is 4.03. The second-order valence-electron chi connectivity index (χ2n) is 6.90. The molecular formula is C16H33ClN2O2. The van der Waals surface area contributed by atoms with E-state index in [1.54, 1.807) is 0 Å². The topological polar surface area (TPSA) is 50.4 Å². The van der Waals surface area contributed by atoms with Crippen molar-refractivity contribution in [1.29, 1.82) is 0 Å². The van der Waals surface area contributed by atoms with E-state index in [1.807, 2.05) is 0 Å². The molecule has 0 saturated carbocycles. The molecule has 4 nitrogen and oxygen atoms in total. The summed E-state index contributed by atoms with van der Waals surface area (Å²) in [7, 11) is 0. The Morgan fingerprint density at radius 3 is 2.48 bits per heavy atom. The number of carbonyl (C=O) groups is 1. The van der Waals surface area contributed by atoms with Crippen LogP contribution in [0.1, 0.15) is 53.4 Å². The number of carbonyl (C=O) groups excluding carboxylic acids is 1. The highest BCUT2D eigenvalue weighted by Crippen LogP contribution is 2.26. The summed E-state index contributed by atoms with van der Waals surface area (Å²) in [5.41, 5.74) is 0.257. The molecule has 1 heterocycles. The molecule has 0 aromatic rings. The predicted molar refractivity (Wildman–Crippen MR) is 90.0 cm³/mol. The fourth-order valence-corrected chi connectivity index (χ4v) is 2.69. The van der Waals surface area contributed by atoms with Crippen LogP contribution in [0.3, 0.4) is 0 Å². The maximum Gasteiger partial charge on any atom is 0.222 e. The number of rotatable bonds is 8. The molecule has 0 spiro atoms. The van der Waals surface area contributed by atoms with Crippen molar-refractivity contribution in [2.24, 2.45) is 11.3 Å². The first-order valence-electron chi connectivity index (χ1n) is 8.00. The molecular weight excluding hydrogens is 288 g/mol. The Morgan fingerprint density at radius 1 is 1.29 bits per heavy atom. The summed E-state index contributed by atoms with van der Waals surface area (Å²) in [4.78, 5) is 11.8. The number of piperidine rings is 1. The molecule has 1 aliphatic heterocycles. The van der Waals surface area contributed by atoms with Gasteiger partial charge in [-0.25, -0.2) is 0 Å². The average molecular weight is 321 g/mol. The van der Waals surface area contributed by atoms with Crippen LogP contribution in [0.2, 0.25) is 0 Å². The zero-order chi connectivity index (χ0) is 15.0. The lowest BCUT2D eigenvalue weighted by molar-refractivity contribution is -0.123. The summed E-state index contributed by atoms with van der Waals surface area (Å²) in [5.74, 6) is 0.750. The van der Waals surface area contributed by atoms with Crippen molar-refractivity contribution in [2.75, 3.05) is 26.2 Å². The third-order valence-corrected chi connectivity index (χ3v) is 4.06. The van der Waals surface area contributed by atoms with Gasteiger partial charge >= 0.3 is 0 Å². The smallest absolute Gasteiger partial charge is 0.222 e. The van der Waals surface area contributed by atoms with Crippen molar-refractivity contribution in [3.8, 4) is 0 Å². The molecule has 126 valence electrons. The number of hydrogen-bond donors (Lipinski definition) is 2. The number of halogens is 1. The molecule has 0 radical (unpaired) electrons. The minimum absolute atomic E-state index is 0. The van der Waals surface area contributed by atoms with E-state index in [2.05, 4.69) is 38.3 Å². The van der Waals surface area contributed by atoms with E-state index < -0.39 is 0 Å². The largest absolute Gasteiger partial charge is 0.378 e. The zero-order valence-corrected chi connectivity index (χ0v) is 14.9. The lowest BCUT2D eigenvalue weighted by Gasteiger charge is -2.34. The Hall–Kier alpha value is -0.320. The first kappa shape index (κ1) is 20.7. The van der Waals surface area contributed by atoms with E-state index in [-0.39, 0.29) is 29.8 Å². The molecule has 5 heteroatoms. The van der Waals surface area contributed by atoms with E-state index >= 15 is 0 Å². The van der Waals surface area contributed by atoms with Crippen LogP contribution in [0.15, 0.2) is 0 Å². The Kier molecular flexibility index (Phi) is 10.3. The molecule has 21 heavy (non-hydrogen) atoms. The van der Waals surface area contributed by atoms with Gasteiger partial charge in [0.05, 0.1) is 12.7 Å². The second kappa shape index (κ2) is 10.4. The molecule has 1 amide bonds. The first-order valence-corrected chi connectivity index (χ1v) is 8.00. The third-order valence-electron chi connectivity index (χ3n) is 4.06. The van der Waals surface area contributed by atoms with Crippen LogP contribution in [0.5, 0.6) is 0 Å². The van der Waals surface area contributed by atoms with E-state index in [4.69, 9.17) is 4.74 Å². The molecule has 1 saturated heterocycles. The quantitative estimate of drug-likeness (QED) is 0.723. The Balaban J connectivity index is 0.00000400. The van der Waals surface area contributed by atoms with Gasteiger partial charge in [0.25, 0.3) is 0 Å². The summed E-state index contributed by atoms with van der Waals surface area (Å²) >= 11 is 0. The minimum atomic E-state index is 0. The minimum Gasteiger partial charge on any atom is -0.378 e. The van der Waals surface area contributed by atoms with Crippen molar-refractivity contribution in [3.05, 3.63) is 0 Å². The van der Waals surface area contributed by atoms with Gasteiger partial charge in [0.2, 0.25) is 5.91 Å². The molecule has 1 rings (SSSR count). The van der Waals surface area contributed by atoms with E-state index in [1.165, 1.54) is 0 Å². The van der Waals surface area contributed by atoms with Crippen molar-refractivity contribution in [3.63, 3.8) is 0 Å². The highest BCUT2D eigenvalue weighted by Gasteiger charge is 2.26. The summed E-state index contributed by atoms with van der Waals surface area (Å²) in [6, 6.07) is 0. The molecule has 1 aliphatic rings. The molecule has 1 fully saturated rings. The van der Waals surface area contributed by atoms with Gasteiger partial charge < -0.3 is 15.4 Å². The fourth-order valence-electron chi connectivity index (χ4n) is 2.69. The fraction of sp³-hybridized carbons (Fsp3) is 0.938. The van der Waals surface area contributed by atoms with Crippen LogP contribution in [-0.2, 0) is 9.53 Å². The van der Waals surface area contributed by atoms with Gasteiger partial charge in [0, 0.05) is 13.0 Å². The van der Waals surface area contributed by atoms with Crippen LogP contribution in [0.4, 0.5) is 0 Å². The van der Waals surface area contributed by atoms with Crippen molar-refractivity contribution in [1.82, 2.24) is 10.6 Å². The molecule has 1 atom stereocenters. The Bertz CT molecular complexity index is 292. The number of amides is 1. The third kappa shape index (κ3) is 9.33. The van der Waals surface area contributed by atoms with Crippen molar-refractivity contribution >= 4 is 18.3 Å². The molecule has 0 bridgehead atoms. The van der Waals surface area contributed by atoms with Crippen LogP contribution in [-0.4, -0.2) is 38.3 Å². The Labute approximate surface area is 136 Å². The van der Waals surface area contributed by atoms with Gasteiger partial charge in [0.1, 0.15) is 0 Å². The zero-order valence-electron chi connectivity index (χ0n) is 14.0. The van der Waals surface area contributed by atoms with E-state index in [0.717, 1.165) is 38.9 Å². The van der Waals surface area contributed by atoms with Gasteiger partial charge in [-0.1, -0.05) is 20.8 Å². The number of hydrogen-bond acceptors (Lipinski definition) is 3. The SMILES string of the molecule is CC(C)CC(C)OCCC(=O)NCC1(C)CCNCC1.Cl. The molecule has 0 aliphatic carbocycles. The number of nitrogens with one attached hydrogen (secondary N) is 2. The highest BCUT2D eigenvalue weighted by molar-refractivity contribution is 5.85. The van der Waals surface area contributed by atoms with E-state index in [0.29, 0.717) is 18.9 Å². The van der Waals surface area contributed by atoms with Gasteiger partial charge in [-0.15, -0.1) is 12.4 Å². The highest BCUT2D eigenvalue weighted by atomic mass is 35.5. The Morgan fingerprint density at radius 2 is 1.90 bits per heavy atom. The molecule has 1 unspecified atom stereocenters. The maximum atomic E-state index is 11.8. The van der Waals surface area contributed by atoms with Crippen molar-refractivity contribution in [2.45, 2.75) is 59.5 Å². The lowest BCUT2D eigenvalue weighted by Crippen LogP contribution is -2.43. The monoisotopic (exact) mass is 320 g/mol. The van der Waals surface area contributed by atoms with E-state index in [9.17, 15) is 4.79 Å². The van der Waals surface area contributed by atoms with Crippen LogP contribution in [0, 0.1) is 11.3 Å². The standard InChI is InChI=1S/C16H32N2O2.ClH/c1-13(2)11-14(3)20-10-5-15(19)18-12-16(4)6-8-17-9-7-16;/h13-14,17H,5-12H2,1-4H3,(H,18,19);1H. The number of ether oxygens (including phenoxy) is 1. The summed E-state index contributed by atoms with van der Waals surface area (Å²) < 4.78 is 5.67. The van der Waals surface area contributed by atoms with Gasteiger partial charge in [0.15, 0.2) is 0 Å².